The molecule has 1 aromatic rings. The lowest BCUT2D eigenvalue weighted by Gasteiger charge is -2.31. The van der Waals surface area contributed by atoms with Crippen molar-refractivity contribution in [3.8, 4) is 5.75 Å². The molecular weight excluding hydrogens is 210 g/mol. The van der Waals surface area contributed by atoms with Crippen LogP contribution in [0.1, 0.15) is 31.2 Å². The Labute approximate surface area is 94.4 Å². The van der Waals surface area contributed by atoms with Gasteiger partial charge in [0.25, 0.3) is 5.92 Å². The number of ether oxygens (including phenoxy) is 1. The number of hydrogen-bond donors (Lipinski definition) is 0. The van der Waals surface area contributed by atoms with E-state index in [0.29, 0.717) is 18.6 Å². The summed E-state index contributed by atoms with van der Waals surface area (Å²) in [6.07, 6.45) is 0.862. The predicted molar refractivity (Wildman–Crippen MR) is 59.0 cm³/mol. The van der Waals surface area contributed by atoms with Crippen molar-refractivity contribution in [2.45, 2.75) is 44.6 Å². The van der Waals surface area contributed by atoms with Crippen molar-refractivity contribution in [1.29, 1.82) is 0 Å². The molecular formula is C13H16F2O. The summed E-state index contributed by atoms with van der Waals surface area (Å²) in [6.45, 7) is 1.96. The van der Waals surface area contributed by atoms with Gasteiger partial charge in [-0.25, -0.2) is 8.78 Å². The van der Waals surface area contributed by atoms with Crippen LogP contribution in [0.25, 0.3) is 0 Å². The summed E-state index contributed by atoms with van der Waals surface area (Å²) in [5, 5.41) is 0. The number of aryl methyl sites for hydroxylation is 1. The van der Waals surface area contributed by atoms with E-state index in [1.807, 2.05) is 19.1 Å². The van der Waals surface area contributed by atoms with Crippen molar-refractivity contribution in [1.82, 2.24) is 0 Å². The minimum Gasteiger partial charge on any atom is -0.484 e. The highest BCUT2D eigenvalue weighted by molar-refractivity contribution is 5.26. The van der Waals surface area contributed by atoms with Gasteiger partial charge in [-0.1, -0.05) is 17.7 Å². The molecule has 0 aromatic heterocycles. The van der Waals surface area contributed by atoms with Gasteiger partial charge in [0.1, 0.15) is 5.75 Å². The SMILES string of the molecule is Cc1ccc(OC2CCCCC2(F)F)cc1. The van der Waals surface area contributed by atoms with Gasteiger partial charge in [0.05, 0.1) is 0 Å². The fraction of sp³-hybridized carbons (Fsp3) is 0.538. The molecule has 1 aromatic carbocycles. The Bertz CT molecular complexity index is 345. The molecule has 1 aliphatic rings. The summed E-state index contributed by atoms with van der Waals surface area (Å²) >= 11 is 0. The van der Waals surface area contributed by atoms with Gasteiger partial charge in [-0.05, 0) is 38.3 Å². The Kier molecular flexibility index (Phi) is 3.13. The average Bonchev–Trinajstić information content (AvgIpc) is 2.24. The molecule has 3 heteroatoms. The van der Waals surface area contributed by atoms with Crippen LogP contribution in [0.4, 0.5) is 8.78 Å². The van der Waals surface area contributed by atoms with Gasteiger partial charge in [-0.15, -0.1) is 0 Å². The van der Waals surface area contributed by atoms with Gasteiger partial charge in [-0.2, -0.15) is 0 Å². The maximum absolute atomic E-state index is 13.5. The molecule has 0 aliphatic heterocycles. The molecule has 1 fully saturated rings. The van der Waals surface area contributed by atoms with Crippen molar-refractivity contribution < 1.29 is 13.5 Å². The molecule has 0 saturated heterocycles. The molecule has 0 N–H and O–H groups in total. The summed E-state index contributed by atoms with van der Waals surface area (Å²) in [6, 6.07) is 7.24. The van der Waals surface area contributed by atoms with E-state index in [0.717, 1.165) is 12.0 Å². The zero-order chi connectivity index (χ0) is 11.6. The van der Waals surface area contributed by atoms with E-state index in [1.54, 1.807) is 12.1 Å². The Balaban J connectivity index is 2.05. The first-order chi connectivity index (χ1) is 7.58. The van der Waals surface area contributed by atoms with E-state index in [2.05, 4.69) is 0 Å². The lowest BCUT2D eigenvalue weighted by Crippen LogP contribution is -2.40. The van der Waals surface area contributed by atoms with E-state index in [9.17, 15) is 8.78 Å². The van der Waals surface area contributed by atoms with Gasteiger partial charge in [-0.3, -0.25) is 0 Å². The molecule has 0 amide bonds. The second-order valence-electron chi connectivity index (χ2n) is 4.43. The third-order valence-corrected chi connectivity index (χ3v) is 3.00. The molecule has 88 valence electrons. The molecule has 1 aliphatic carbocycles. The second-order valence-corrected chi connectivity index (χ2v) is 4.43. The number of rotatable bonds is 2. The summed E-state index contributed by atoms with van der Waals surface area (Å²) in [4.78, 5) is 0. The zero-order valence-electron chi connectivity index (χ0n) is 9.38. The number of benzene rings is 1. The Hall–Kier alpha value is -1.12. The van der Waals surface area contributed by atoms with Crippen molar-refractivity contribution in [3.05, 3.63) is 29.8 Å². The quantitative estimate of drug-likeness (QED) is 0.741. The molecule has 0 radical (unpaired) electrons. The summed E-state index contributed by atoms with van der Waals surface area (Å²) in [5.74, 6) is -2.14. The molecule has 0 spiro atoms. The fourth-order valence-electron chi connectivity index (χ4n) is 1.99. The van der Waals surface area contributed by atoms with E-state index < -0.39 is 12.0 Å². The third kappa shape index (κ3) is 2.52. The lowest BCUT2D eigenvalue weighted by atomic mass is 9.94. The van der Waals surface area contributed by atoms with Crippen LogP contribution in [0.5, 0.6) is 5.75 Å². The monoisotopic (exact) mass is 226 g/mol. The van der Waals surface area contributed by atoms with Crippen molar-refractivity contribution in [2.75, 3.05) is 0 Å². The van der Waals surface area contributed by atoms with Gasteiger partial charge < -0.3 is 4.74 Å². The average molecular weight is 226 g/mol. The Morgan fingerprint density at radius 1 is 1.19 bits per heavy atom. The summed E-state index contributed by atoms with van der Waals surface area (Å²) < 4.78 is 32.4. The van der Waals surface area contributed by atoms with E-state index in [4.69, 9.17) is 4.74 Å². The van der Waals surface area contributed by atoms with Crippen LogP contribution in [0.15, 0.2) is 24.3 Å². The van der Waals surface area contributed by atoms with Gasteiger partial charge in [0.15, 0.2) is 6.10 Å². The van der Waals surface area contributed by atoms with Crippen LogP contribution >= 0.6 is 0 Å². The highest BCUT2D eigenvalue weighted by atomic mass is 19.3. The first-order valence-electron chi connectivity index (χ1n) is 5.69. The van der Waals surface area contributed by atoms with Gasteiger partial charge in [0, 0.05) is 6.42 Å². The fourth-order valence-corrected chi connectivity index (χ4v) is 1.99. The van der Waals surface area contributed by atoms with Crippen LogP contribution in [0.3, 0.4) is 0 Å². The number of halogens is 2. The molecule has 0 bridgehead atoms. The van der Waals surface area contributed by atoms with E-state index in [-0.39, 0.29) is 6.42 Å². The smallest absolute Gasteiger partial charge is 0.284 e. The third-order valence-electron chi connectivity index (χ3n) is 3.00. The highest BCUT2D eigenvalue weighted by Gasteiger charge is 2.43. The molecule has 1 unspecified atom stereocenters. The minimum atomic E-state index is -2.68. The predicted octanol–water partition coefficient (Wildman–Crippen LogP) is 3.95. The summed E-state index contributed by atoms with van der Waals surface area (Å²) in [5.41, 5.74) is 1.10. The second kappa shape index (κ2) is 4.40. The van der Waals surface area contributed by atoms with Crippen molar-refractivity contribution in [2.24, 2.45) is 0 Å². The van der Waals surface area contributed by atoms with E-state index in [1.165, 1.54) is 0 Å². The molecule has 2 rings (SSSR count). The van der Waals surface area contributed by atoms with Crippen molar-refractivity contribution in [3.63, 3.8) is 0 Å². The van der Waals surface area contributed by atoms with E-state index >= 15 is 0 Å². The Morgan fingerprint density at radius 2 is 1.88 bits per heavy atom. The normalized spacial score (nSPS) is 24.1. The maximum atomic E-state index is 13.5. The molecule has 1 saturated carbocycles. The van der Waals surface area contributed by atoms with Gasteiger partial charge in [0.2, 0.25) is 0 Å². The minimum absolute atomic E-state index is 0.0521. The van der Waals surface area contributed by atoms with Crippen LogP contribution in [-0.2, 0) is 0 Å². The first kappa shape index (κ1) is 11.4. The zero-order valence-corrected chi connectivity index (χ0v) is 9.38. The van der Waals surface area contributed by atoms with Gasteiger partial charge >= 0.3 is 0 Å². The number of hydrogen-bond acceptors (Lipinski definition) is 1. The standard InChI is InChI=1S/C13H16F2O/c1-10-5-7-11(8-6-10)16-12-4-2-3-9-13(12,14)15/h5-8,12H,2-4,9H2,1H3. The Morgan fingerprint density at radius 3 is 2.50 bits per heavy atom. The van der Waals surface area contributed by atoms with Crippen LogP contribution in [-0.4, -0.2) is 12.0 Å². The van der Waals surface area contributed by atoms with Crippen LogP contribution in [0.2, 0.25) is 0 Å². The maximum Gasteiger partial charge on any atom is 0.284 e. The molecule has 0 heterocycles. The topological polar surface area (TPSA) is 9.23 Å². The highest BCUT2D eigenvalue weighted by Crippen LogP contribution is 2.36. The number of alkyl halides is 2. The molecule has 16 heavy (non-hydrogen) atoms. The van der Waals surface area contributed by atoms with Crippen LogP contribution in [0, 0.1) is 6.92 Å². The van der Waals surface area contributed by atoms with Crippen molar-refractivity contribution >= 4 is 0 Å². The van der Waals surface area contributed by atoms with Crippen LogP contribution < -0.4 is 4.74 Å². The first-order valence-corrected chi connectivity index (χ1v) is 5.69. The lowest BCUT2D eigenvalue weighted by molar-refractivity contribution is -0.119. The molecule has 1 nitrogen and oxygen atoms in total. The molecule has 1 atom stereocenters. The summed E-state index contributed by atoms with van der Waals surface area (Å²) in [7, 11) is 0. The largest absolute Gasteiger partial charge is 0.484 e.